The van der Waals surface area contributed by atoms with Crippen LogP contribution < -0.4 is 5.32 Å². The van der Waals surface area contributed by atoms with Gasteiger partial charge in [-0.3, -0.25) is 9.59 Å². The van der Waals surface area contributed by atoms with Crippen molar-refractivity contribution in [3.63, 3.8) is 0 Å². The van der Waals surface area contributed by atoms with Gasteiger partial charge in [-0.15, -0.1) is 0 Å². The molecule has 9 nitrogen and oxygen atoms in total. The summed E-state index contributed by atoms with van der Waals surface area (Å²) in [7, 11) is 0. The monoisotopic (exact) mass is 519 g/mol. The van der Waals surface area contributed by atoms with E-state index in [4.69, 9.17) is 18.9 Å². The van der Waals surface area contributed by atoms with Gasteiger partial charge in [0, 0.05) is 12.3 Å². The molecule has 198 valence electrons. The molecule has 13 heteroatoms. The summed E-state index contributed by atoms with van der Waals surface area (Å²) < 4.78 is 77.6. The number of rotatable bonds is 9. The molecule has 0 spiro atoms. The van der Waals surface area contributed by atoms with Crippen LogP contribution in [0.5, 0.6) is 0 Å². The summed E-state index contributed by atoms with van der Waals surface area (Å²) >= 11 is 0. The normalized spacial score (nSPS) is 41.6. The van der Waals surface area contributed by atoms with Crippen molar-refractivity contribution in [3.05, 3.63) is 0 Å². The Kier molecular flexibility index (Phi) is 5.02. The first-order chi connectivity index (χ1) is 16.8. The molecule has 0 aromatic carbocycles. The first-order valence-electron chi connectivity index (χ1n) is 12.2. The molecular formula is C23H25F4NO8. The van der Waals surface area contributed by atoms with E-state index in [0.29, 0.717) is 32.1 Å². The van der Waals surface area contributed by atoms with Crippen LogP contribution in [0.3, 0.4) is 0 Å². The summed E-state index contributed by atoms with van der Waals surface area (Å²) in [6.45, 7) is -3.55. The highest BCUT2D eigenvalue weighted by Gasteiger charge is 2.69. The number of hydrogen-bond acceptors (Lipinski definition) is 9. The quantitative estimate of drug-likeness (QED) is 0.275. The van der Waals surface area contributed by atoms with Crippen molar-refractivity contribution in [3.8, 4) is 0 Å². The van der Waals surface area contributed by atoms with E-state index in [1.165, 1.54) is 0 Å². The number of fused-ring (bicyclic) bond motifs is 2. The number of hydrogen-bond donors (Lipinski definition) is 1. The number of carbonyl (C=O) groups excluding carboxylic acids is 4. The van der Waals surface area contributed by atoms with Crippen LogP contribution in [0.25, 0.3) is 0 Å². The van der Waals surface area contributed by atoms with Crippen LogP contribution >= 0.6 is 0 Å². The Morgan fingerprint density at radius 3 is 2.11 bits per heavy atom. The van der Waals surface area contributed by atoms with E-state index in [-0.39, 0.29) is 30.1 Å². The summed E-state index contributed by atoms with van der Waals surface area (Å²) in [6, 6.07) is 0. The maximum atomic E-state index is 14.4. The number of carbonyl (C=O) groups is 4. The number of halogens is 4. The number of nitrogens with one attached hydrogen (secondary N) is 1. The molecule has 0 amide bonds. The molecule has 1 N–H and O–H groups in total. The van der Waals surface area contributed by atoms with E-state index in [0.717, 1.165) is 0 Å². The highest BCUT2D eigenvalue weighted by molar-refractivity contribution is 5.81. The van der Waals surface area contributed by atoms with Gasteiger partial charge in [-0.25, -0.2) is 9.59 Å². The van der Waals surface area contributed by atoms with Crippen molar-refractivity contribution in [2.45, 2.75) is 61.8 Å². The molecule has 8 unspecified atom stereocenters. The molecule has 2 heterocycles. The fourth-order valence-electron chi connectivity index (χ4n) is 7.54. The van der Waals surface area contributed by atoms with Crippen LogP contribution in [0, 0.1) is 35.5 Å². The van der Waals surface area contributed by atoms with E-state index in [1.807, 2.05) is 0 Å². The average Bonchev–Trinajstić information content (AvgIpc) is 3.58. The zero-order valence-corrected chi connectivity index (χ0v) is 19.1. The Morgan fingerprint density at radius 1 is 0.861 bits per heavy atom. The highest BCUT2D eigenvalue weighted by Crippen LogP contribution is 2.61. The van der Waals surface area contributed by atoms with Crippen molar-refractivity contribution in [2.75, 3.05) is 19.7 Å². The molecule has 2 saturated heterocycles. The Labute approximate surface area is 202 Å². The van der Waals surface area contributed by atoms with Gasteiger partial charge in [0.2, 0.25) is 0 Å². The summed E-state index contributed by atoms with van der Waals surface area (Å²) in [5.74, 6) is -16.2. The van der Waals surface area contributed by atoms with E-state index in [1.54, 1.807) is 5.32 Å². The Morgan fingerprint density at radius 2 is 1.44 bits per heavy atom. The SMILES string of the molecule is O=C1OC2(COC(=O)C(F)(F)CNCC(F)(F)C(=O)OC34CC5CC(C(=O)O3)C4C5)CC3CC1C2C3. The van der Waals surface area contributed by atoms with Gasteiger partial charge >= 0.3 is 35.7 Å². The van der Waals surface area contributed by atoms with E-state index < -0.39 is 78.6 Å². The Hall–Kier alpha value is -2.44. The molecule has 6 aliphatic rings. The van der Waals surface area contributed by atoms with Crippen molar-refractivity contribution in [1.82, 2.24) is 5.32 Å². The maximum Gasteiger partial charge on any atom is 0.381 e. The van der Waals surface area contributed by atoms with Gasteiger partial charge in [-0.05, 0) is 43.9 Å². The minimum atomic E-state index is -4.21. The van der Waals surface area contributed by atoms with Crippen LogP contribution in [0.15, 0.2) is 0 Å². The maximum absolute atomic E-state index is 14.4. The Bertz CT molecular complexity index is 1040. The molecule has 4 bridgehead atoms. The molecule has 0 radical (unpaired) electrons. The van der Waals surface area contributed by atoms with Crippen LogP contribution in [-0.4, -0.2) is 66.8 Å². The van der Waals surface area contributed by atoms with Crippen molar-refractivity contribution >= 4 is 23.9 Å². The third-order valence-electron chi connectivity index (χ3n) is 8.96. The smallest absolute Gasteiger partial charge is 0.381 e. The predicted molar refractivity (Wildman–Crippen MR) is 106 cm³/mol. The average molecular weight is 519 g/mol. The second-order valence-corrected chi connectivity index (χ2v) is 11.2. The van der Waals surface area contributed by atoms with Gasteiger partial charge in [0.15, 0.2) is 0 Å². The molecule has 8 atom stereocenters. The van der Waals surface area contributed by atoms with Gasteiger partial charge in [-0.1, -0.05) is 0 Å². The number of ether oxygens (including phenoxy) is 4. The van der Waals surface area contributed by atoms with E-state index >= 15 is 0 Å². The predicted octanol–water partition coefficient (Wildman–Crippen LogP) is 1.57. The summed E-state index contributed by atoms with van der Waals surface area (Å²) in [4.78, 5) is 48.1. The summed E-state index contributed by atoms with van der Waals surface area (Å²) in [6.07, 6.45) is 3.06. The van der Waals surface area contributed by atoms with Crippen molar-refractivity contribution in [1.29, 1.82) is 0 Å². The molecule has 4 aliphatic carbocycles. The van der Waals surface area contributed by atoms with Gasteiger partial charge in [0.1, 0.15) is 12.2 Å². The molecule has 0 aromatic rings. The third kappa shape index (κ3) is 3.44. The number of alkyl halides is 4. The first kappa shape index (κ1) is 23.9. The summed E-state index contributed by atoms with van der Waals surface area (Å²) in [5.41, 5.74) is -1.09. The highest BCUT2D eigenvalue weighted by atomic mass is 19.3. The zero-order chi connectivity index (χ0) is 25.7. The molecule has 6 fully saturated rings. The minimum absolute atomic E-state index is 0.0355. The van der Waals surface area contributed by atoms with E-state index in [9.17, 15) is 36.7 Å². The molecule has 4 saturated carbocycles. The zero-order valence-electron chi connectivity index (χ0n) is 19.1. The lowest BCUT2D eigenvalue weighted by atomic mass is 9.80. The fourth-order valence-corrected chi connectivity index (χ4v) is 7.54. The van der Waals surface area contributed by atoms with E-state index in [2.05, 4.69) is 0 Å². The van der Waals surface area contributed by atoms with Crippen LogP contribution in [0.1, 0.15) is 38.5 Å². The van der Waals surface area contributed by atoms with Crippen LogP contribution in [0.2, 0.25) is 0 Å². The van der Waals surface area contributed by atoms with Crippen LogP contribution in [0.4, 0.5) is 17.6 Å². The molecule has 6 rings (SSSR count). The fraction of sp³-hybridized carbons (Fsp3) is 0.826. The largest absolute Gasteiger partial charge is 0.457 e. The second-order valence-electron chi connectivity index (χ2n) is 11.2. The standard InChI is InChI=1S/C23H25F4NO8/c24-21(25,18(31)33-9-20-5-10-1-12(14(20)3-10)16(29)34-20)7-28-8-22(26,27)19(32)36-23-6-11-2-13(15(23)4-11)17(30)35-23/h10-15,28H,1-9H2. The third-order valence-corrected chi connectivity index (χ3v) is 8.96. The van der Waals surface area contributed by atoms with Gasteiger partial charge in [0.05, 0.1) is 30.8 Å². The lowest BCUT2D eigenvalue weighted by Gasteiger charge is -2.31. The van der Waals surface area contributed by atoms with Crippen LogP contribution in [-0.2, 0) is 38.1 Å². The lowest BCUT2D eigenvalue weighted by Crippen LogP contribution is -2.51. The molecule has 0 aromatic heterocycles. The first-order valence-corrected chi connectivity index (χ1v) is 12.2. The minimum Gasteiger partial charge on any atom is -0.457 e. The number of esters is 4. The summed E-state index contributed by atoms with van der Waals surface area (Å²) in [5, 5.41) is 1.74. The van der Waals surface area contributed by atoms with Gasteiger partial charge in [-0.2, -0.15) is 17.6 Å². The molecular weight excluding hydrogens is 494 g/mol. The molecule has 2 aliphatic heterocycles. The van der Waals surface area contributed by atoms with Gasteiger partial charge < -0.3 is 24.3 Å². The van der Waals surface area contributed by atoms with Gasteiger partial charge in [0.25, 0.3) is 5.79 Å². The van der Waals surface area contributed by atoms with Crippen molar-refractivity contribution < 1.29 is 55.7 Å². The topological polar surface area (TPSA) is 117 Å². The molecule has 36 heavy (non-hydrogen) atoms. The second kappa shape index (κ2) is 7.55. The van der Waals surface area contributed by atoms with Crippen molar-refractivity contribution in [2.24, 2.45) is 35.5 Å². The lowest BCUT2D eigenvalue weighted by molar-refractivity contribution is -0.238. The Balaban J connectivity index is 0.998.